The smallest absolute Gasteiger partial charge is 0.263 e. The molecule has 0 saturated heterocycles. The van der Waals surface area contributed by atoms with Gasteiger partial charge in [-0.2, -0.15) is 11.3 Å². The summed E-state index contributed by atoms with van der Waals surface area (Å²) in [5.41, 5.74) is 9.59. The first-order chi connectivity index (χ1) is 10.1. The Morgan fingerprint density at radius 2 is 2.24 bits per heavy atom. The summed E-state index contributed by atoms with van der Waals surface area (Å²) in [5, 5.41) is 7.82. The summed E-state index contributed by atoms with van der Waals surface area (Å²) in [7, 11) is 0. The monoisotopic (exact) mass is 317 g/mol. The van der Waals surface area contributed by atoms with Crippen LogP contribution >= 0.6 is 22.7 Å². The van der Waals surface area contributed by atoms with Crippen LogP contribution in [0.15, 0.2) is 22.9 Å². The van der Waals surface area contributed by atoms with Gasteiger partial charge in [0.25, 0.3) is 5.91 Å². The van der Waals surface area contributed by atoms with Crippen molar-refractivity contribution in [1.29, 1.82) is 0 Å². The van der Waals surface area contributed by atoms with Crippen molar-refractivity contribution >= 4 is 44.4 Å². The fourth-order valence-electron chi connectivity index (χ4n) is 2.30. The van der Waals surface area contributed by atoms with Crippen LogP contribution in [-0.2, 0) is 6.54 Å². The minimum atomic E-state index is -0.128. The molecule has 108 valence electrons. The van der Waals surface area contributed by atoms with E-state index in [1.54, 1.807) is 11.3 Å². The molecule has 0 spiro atoms. The van der Waals surface area contributed by atoms with E-state index >= 15 is 0 Å². The predicted molar refractivity (Wildman–Crippen MR) is 89.0 cm³/mol. The van der Waals surface area contributed by atoms with Crippen LogP contribution in [0.2, 0.25) is 0 Å². The highest BCUT2D eigenvalue weighted by atomic mass is 32.1. The lowest BCUT2D eigenvalue weighted by Crippen LogP contribution is -2.22. The van der Waals surface area contributed by atoms with Gasteiger partial charge in [0.15, 0.2) is 0 Å². The zero-order chi connectivity index (χ0) is 15.0. The van der Waals surface area contributed by atoms with Gasteiger partial charge >= 0.3 is 0 Å². The summed E-state index contributed by atoms with van der Waals surface area (Å²) < 4.78 is 1.01. The van der Waals surface area contributed by atoms with E-state index in [2.05, 4.69) is 10.3 Å². The van der Waals surface area contributed by atoms with Crippen LogP contribution in [-0.4, -0.2) is 10.9 Å². The third-order valence-electron chi connectivity index (χ3n) is 3.26. The highest BCUT2D eigenvalue weighted by molar-refractivity contribution is 7.21. The van der Waals surface area contributed by atoms with Gasteiger partial charge in [-0.1, -0.05) is 0 Å². The molecule has 3 aromatic rings. The van der Waals surface area contributed by atoms with Crippen molar-refractivity contribution in [3.05, 3.63) is 44.7 Å². The van der Waals surface area contributed by atoms with Crippen LogP contribution in [0.1, 0.15) is 26.6 Å². The Morgan fingerprint density at radius 3 is 2.95 bits per heavy atom. The van der Waals surface area contributed by atoms with Crippen molar-refractivity contribution in [2.24, 2.45) is 0 Å². The van der Waals surface area contributed by atoms with Crippen LogP contribution in [0, 0.1) is 13.8 Å². The average molecular weight is 317 g/mol. The van der Waals surface area contributed by atoms with Gasteiger partial charge < -0.3 is 11.1 Å². The number of nitrogens with two attached hydrogens (primary N) is 1. The molecule has 0 radical (unpaired) electrons. The highest BCUT2D eigenvalue weighted by Gasteiger charge is 2.18. The molecule has 3 heterocycles. The van der Waals surface area contributed by atoms with E-state index in [1.165, 1.54) is 11.3 Å². The molecule has 0 unspecified atom stereocenters. The molecule has 1 amide bonds. The van der Waals surface area contributed by atoms with Gasteiger partial charge in [-0.25, -0.2) is 0 Å². The van der Waals surface area contributed by atoms with Crippen molar-refractivity contribution in [2.45, 2.75) is 20.4 Å². The largest absolute Gasteiger partial charge is 0.397 e. The quantitative estimate of drug-likeness (QED) is 0.777. The summed E-state index contributed by atoms with van der Waals surface area (Å²) in [6.07, 6.45) is 0. The second-order valence-corrected chi connectivity index (χ2v) is 6.71. The number of anilines is 1. The number of rotatable bonds is 3. The molecule has 21 heavy (non-hydrogen) atoms. The predicted octanol–water partition coefficient (Wildman–Crippen LogP) is 3.49. The maximum atomic E-state index is 12.3. The van der Waals surface area contributed by atoms with Crippen molar-refractivity contribution in [2.75, 3.05) is 5.73 Å². The first-order valence-corrected chi connectivity index (χ1v) is 8.27. The second-order valence-electron chi connectivity index (χ2n) is 4.88. The Hall–Kier alpha value is -1.92. The van der Waals surface area contributed by atoms with Crippen LogP contribution in [0.25, 0.3) is 10.1 Å². The molecule has 4 nitrogen and oxygen atoms in total. The number of pyridine rings is 1. The number of hydrogen-bond donors (Lipinski definition) is 2. The Labute approximate surface area is 130 Å². The average Bonchev–Trinajstić information content (AvgIpc) is 3.04. The molecule has 0 aliphatic heterocycles. The van der Waals surface area contributed by atoms with Crippen LogP contribution < -0.4 is 11.1 Å². The van der Waals surface area contributed by atoms with E-state index in [0.29, 0.717) is 17.1 Å². The maximum Gasteiger partial charge on any atom is 0.263 e. The number of aryl methyl sites for hydroxylation is 2. The molecule has 3 aromatic heterocycles. The van der Waals surface area contributed by atoms with Crippen molar-refractivity contribution < 1.29 is 4.79 Å². The molecular weight excluding hydrogens is 302 g/mol. The second kappa shape index (κ2) is 5.46. The number of nitrogens with zero attached hydrogens (tertiary/aromatic N) is 1. The molecule has 0 aliphatic carbocycles. The van der Waals surface area contributed by atoms with Gasteiger partial charge in [-0.3, -0.25) is 9.78 Å². The topological polar surface area (TPSA) is 68.0 Å². The number of amides is 1. The van der Waals surface area contributed by atoms with Gasteiger partial charge in [0, 0.05) is 28.0 Å². The van der Waals surface area contributed by atoms with Gasteiger partial charge in [0.2, 0.25) is 0 Å². The molecule has 0 saturated carbocycles. The number of nitrogens with one attached hydrogen (secondary N) is 1. The number of thiophene rings is 2. The lowest BCUT2D eigenvalue weighted by molar-refractivity contribution is 0.0956. The Kier molecular flexibility index (Phi) is 3.65. The molecule has 3 N–H and O–H groups in total. The van der Waals surface area contributed by atoms with E-state index < -0.39 is 0 Å². The van der Waals surface area contributed by atoms with E-state index in [4.69, 9.17) is 5.73 Å². The van der Waals surface area contributed by atoms with Gasteiger partial charge in [0.1, 0.15) is 4.88 Å². The van der Waals surface area contributed by atoms with E-state index in [9.17, 15) is 4.79 Å². The van der Waals surface area contributed by atoms with Crippen molar-refractivity contribution in [3.63, 3.8) is 0 Å². The first kappa shape index (κ1) is 14.0. The number of aromatic nitrogens is 1. The van der Waals surface area contributed by atoms with Gasteiger partial charge in [0.05, 0.1) is 5.69 Å². The normalized spacial score (nSPS) is 11.0. The molecule has 0 fully saturated rings. The molecule has 0 atom stereocenters. The first-order valence-electron chi connectivity index (χ1n) is 6.51. The zero-order valence-corrected chi connectivity index (χ0v) is 13.4. The lowest BCUT2D eigenvalue weighted by atomic mass is 10.2. The number of carbonyl (C=O) groups excluding carboxylic acids is 1. The van der Waals surface area contributed by atoms with Crippen LogP contribution in [0.5, 0.6) is 0 Å². The van der Waals surface area contributed by atoms with E-state index in [1.807, 2.05) is 36.7 Å². The minimum absolute atomic E-state index is 0.128. The minimum Gasteiger partial charge on any atom is -0.397 e. The van der Waals surface area contributed by atoms with Crippen LogP contribution in [0.4, 0.5) is 5.69 Å². The molecular formula is C15H15N3OS2. The Balaban J connectivity index is 1.91. The number of carbonyl (C=O) groups is 1. The zero-order valence-electron chi connectivity index (χ0n) is 11.8. The Morgan fingerprint density at radius 1 is 1.43 bits per heavy atom. The lowest BCUT2D eigenvalue weighted by Gasteiger charge is -2.03. The molecule has 0 bridgehead atoms. The van der Waals surface area contributed by atoms with Crippen molar-refractivity contribution in [3.8, 4) is 0 Å². The number of hydrogen-bond acceptors (Lipinski definition) is 5. The highest BCUT2D eigenvalue weighted by Crippen LogP contribution is 2.35. The van der Waals surface area contributed by atoms with E-state index in [0.717, 1.165) is 27.0 Å². The van der Waals surface area contributed by atoms with E-state index in [-0.39, 0.29) is 5.91 Å². The van der Waals surface area contributed by atoms with Crippen LogP contribution in [0.3, 0.4) is 0 Å². The standard InChI is InChI=1S/C15H15N3OS2/c1-8-5-11-12(9(2)18-8)13(16)14(21-11)15(19)17-6-10-3-4-20-7-10/h3-5,7H,6,16H2,1-2H3,(H,17,19). The summed E-state index contributed by atoms with van der Waals surface area (Å²) in [6, 6.07) is 3.97. The summed E-state index contributed by atoms with van der Waals surface area (Å²) in [5.74, 6) is -0.128. The summed E-state index contributed by atoms with van der Waals surface area (Å²) in [6.45, 7) is 4.39. The third-order valence-corrected chi connectivity index (χ3v) is 5.14. The fourth-order valence-corrected chi connectivity index (χ4v) is 4.16. The molecule has 3 rings (SSSR count). The fraction of sp³-hybridized carbons (Fsp3) is 0.200. The summed E-state index contributed by atoms with van der Waals surface area (Å²) >= 11 is 3.04. The van der Waals surface area contributed by atoms with Gasteiger partial charge in [-0.05, 0) is 42.3 Å². The molecule has 0 aliphatic rings. The molecule has 0 aromatic carbocycles. The van der Waals surface area contributed by atoms with Gasteiger partial charge in [-0.15, -0.1) is 11.3 Å². The van der Waals surface area contributed by atoms with Crippen molar-refractivity contribution in [1.82, 2.24) is 10.3 Å². The number of nitrogen functional groups attached to an aromatic ring is 1. The number of fused-ring (bicyclic) bond motifs is 1. The maximum absolute atomic E-state index is 12.3. The summed E-state index contributed by atoms with van der Waals surface area (Å²) in [4.78, 5) is 17.3. The molecule has 6 heteroatoms. The third kappa shape index (κ3) is 2.64. The SMILES string of the molecule is Cc1cc2sc(C(=O)NCc3ccsc3)c(N)c2c(C)n1. The Bertz CT molecular complexity index is 806.